The summed E-state index contributed by atoms with van der Waals surface area (Å²) >= 11 is 0. The molecule has 0 heterocycles. The molecule has 0 aliphatic carbocycles. The third-order valence-electron chi connectivity index (χ3n) is 3.55. The zero-order chi connectivity index (χ0) is 20.2. The van der Waals surface area contributed by atoms with Gasteiger partial charge in [0.2, 0.25) is 5.91 Å². The van der Waals surface area contributed by atoms with E-state index in [9.17, 15) is 24.3 Å². The lowest BCUT2D eigenvalue weighted by Gasteiger charge is -2.20. The molecule has 0 spiro atoms. The maximum absolute atomic E-state index is 11.9. The van der Waals surface area contributed by atoms with Crippen LogP contribution in [0.1, 0.15) is 25.8 Å². The number of rotatable bonds is 10. The minimum absolute atomic E-state index is 0.0443. The fourth-order valence-electron chi connectivity index (χ4n) is 2.20. The highest BCUT2D eigenvalue weighted by atomic mass is 16.5. The number of esters is 1. The minimum Gasteiger partial charge on any atom is -0.480 e. The lowest BCUT2D eigenvalue weighted by molar-refractivity contribution is -0.147. The Bertz CT molecular complexity index is 648. The molecule has 0 unspecified atom stereocenters. The van der Waals surface area contributed by atoms with Gasteiger partial charge in [-0.3, -0.25) is 9.59 Å². The van der Waals surface area contributed by atoms with Gasteiger partial charge >= 0.3 is 18.0 Å². The first kappa shape index (κ1) is 21.9. The Hall–Kier alpha value is -3.10. The first-order chi connectivity index (χ1) is 12.8. The Kier molecular flexibility index (Phi) is 9.35. The van der Waals surface area contributed by atoms with Crippen molar-refractivity contribution < 1.29 is 33.8 Å². The molecule has 2 amide bonds. The predicted molar refractivity (Wildman–Crippen MR) is 94.6 cm³/mol. The summed E-state index contributed by atoms with van der Waals surface area (Å²) in [5.74, 6) is -3.23. The van der Waals surface area contributed by atoms with Gasteiger partial charge in [0.1, 0.15) is 19.2 Å². The monoisotopic (exact) mass is 380 g/mol. The second-order valence-electron chi connectivity index (χ2n) is 5.79. The van der Waals surface area contributed by atoms with Crippen molar-refractivity contribution in [2.45, 2.75) is 32.9 Å². The molecule has 148 valence electrons. The molecule has 0 bridgehead atoms. The molecule has 0 radical (unpaired) electrons. The van der Waals surface area contributed by atoms with Crippen LogP contribution in [-0.4, -0.2) is 48.2 Å². The van der Waals surface area contributed by atoms with Gasteiger partial charge in [0.15, 0.2) is 0 Å². The average Bonchev–Trinajstić information content (AvgIpc) is 2.63. The highest BCUT2D eigenvalue weighted by Crippen LogP contribution is 2.10. The van der Waals surface area contributed by atoms with E-state index >= 15 is 0 Å². The molecule has 0 fully saturated rings. The number of benzene rings is 1. The van der Waals surface area contributed by atoms with Crippen molar-refractivity contribution in [2.24, 2.45) is 5.92 Å². The molecule has 27 heavy (non-hydrogen) atoms. The van der Waals surface area contributed by atoms with Gasteiger partial charge in [0.25, 0.3) is 0 Å². The SMILES string of the molecule is CCOC(=O)C[C@H](C)[C@@H](NC(=O)CNC(=O)OCc1ccccc1)C(=O)O. The van der Waals surface area contributed by atoms with Gasteiger partial charge in [-0.2, -0.15) is 0 Å². The van der Waals surface area contributed by atoms with Gasteiger partial charge in [0.05, 0.1) is 13.0 Å². The van der Waals surface area contributed by atoms with E-state index in [1.54, 1.807) is 31.2 Å². The molecule has 1 aromatic carbocycles. The van der Waals surface area contributed by atoms with E-state index in [0.717, 1.165) is 5.56 Å². The first-order valence-electron chi connectivity index (χ1n) is 8.45. The van der Waals surface area contributed by atoms with Crippen molar-refractivity contribution in [1.29, 1.82) is 0 Å². The lowest BCUT2D eigenvalue weighted by atomic mass is 9.98. The van der Waals surface area contributed by atoms with Crippen LogP contribution in [0.4, 0.5) is 4.79 Å². The Morgan fingerprint density at radius 2 is 1.78 bits per heavy atom. The van der Waals surface area contributed by atoms with Gasteiger partial charge in [-0.1, -0.05) is 37.3 Å². The molecular weight excluding hydrogens is 356 g/mol. The van der Waals surface area contributed by atoms with Crippen LogP contribution in [0.5, 0.6) is 0 Å². The number of alkyl carbamates (subject to hydrolysis) is 1. The van der Waals surface area contributed by atoms with E-state index in [1.165, 1.54) is 6.92 Å². The third kappa shape index (κ3) is 8.70. The Balaban J connectivity index is 2.41. The zero-order valence-electron chi connectivity index (χ0n) is 15.3. The first-order valence-corrected chi connectivity index (χ1v) is 8.45. The minimum atomic E-state index is -1.29. The second-order valence-corrected chi connectivity index (χ2v) is 5.79. The largest absolute Gasteiger partial charge is 0.480 e. The smallest absolute Gasteiger partial charge is 0.407 e. The van der Waals surface area contributed by atoms with Crippen molar-refractivity contribution in [3.63, 3.8) is 0 Å². The highest BCUT2D eigenvalue weighted by molar-refractivity contribution is 5.87. The number of hydrogen-bond donors (Lipinski definition) is 3. The summed E-state index contributed by atoms with van der Waals surface area (Å²) in [4.78, 5) is 46.3. The number of amides is 2. The summed E-state index contributed by atoms with van der Waals surface area (Å²) < 4.78 is 9.72. The molecule has 9 nitrogen and oxygen atoms in total. The number of carboxylic acid groups (broad SMARTS) is 1. The van der Waals surface area contributed by atoms with Crippen LogP contribution < -0.4 is 10.6 Å². The van der Waals surface area contributed by atoms with Crippen molar-refractivity contribution >= 4 is 23.9 Å². The van der Waals surface area contributed by atoms with Crippen LogP contribution in [0.3, 0.4) is 0 Å². The molecule has 0 saturated carbocycles. The average molecular weight is 380 g/mol. The maximum atomic E-state index is 11.9. The van der Waals surface area contributed by atoms with Crippen molar-refractivity contribution in [3.8, 4) is 0 Å². The summed E-state index contributed by atoms with van der Waals surface area (Å²) in [6.45, 7) is 2.93. The van der Waals surface area contributed by atoms with Gasteiger partial charge in [-0.25, -0.2) is 9.59 Å². The normalized spacial score (nSPS) is 12.4. The molecule has 0 saturated heterocycles. The van der Waals surface area contributed by atoms with Gasteiger partial charge in [-0.15, -0.1) is 0 Å². The Labute approximate surface area is 157 Å². The molecule has 3 N–H and O–H groups in total. The van der Waals surface area contributed by atoms with Gasteiger partial charge < -0.3 is 25.2 Å². The van der Waals surface area contributed by atoms with E-state index in [4.69, 9.17) is 9.47 Å². The van der Waals surface area contributed by atoms with Gasteiger partial charge in [-0.05, 0) is 18.4 Å². The fourth-order valence-corrected chi connectivity index (χ4v) is 2.20. The van der Waals surface area contributed by atoms with Crippen LogP contribution in [-0.2, 0) is 30.5 Å². The lowest BCUT2D eigenvalue weighted by Crippen LogP contribution is -2.49. The number of carbonyl (C=O) groups excluding carboxylic acids is 3. The van der Waals surface area contributed by atoms with Crippen LogP contribution in [0.2, 0.25) is 0 Å². The van der Waals surface area contributed by atoms with E-state index < -0.39 is 42.4 Å². The molecular formula is C18H24N2O7. The predicted octanol–water partition coefficient (Wildman–Crippen LogP) is 1.07. The summed E-state index contributed by atoms with van der Waals surface area (Å²) in [6, 6.07) is 7.70. The Morgan fingerprint density at radius 3 is 2.37 bits per heavy atom. The summed E-state index contributed by atoms with van der Waals surface area (Å²) in [7, 11) is 0. The summed E-state index contributed by atoms with van der Waals surface area (Å²) in [5.41, 5.74) is 0.788. The van der Waals surface area contributed by atoms with Crippen molar-refractivity contribution in [3.05, 3.63) is 35.9 Å². The maximum Gasteiger partial charge on any atom is 0.407 e. The molecule has 0 aromatic heterocycles. The number of nitrogens with one attached hydrogen (secondary N) is 2. The highest BCUT2D eigenvalue weighted by Gasteiger charge is 2.28. The van der Waals surface area contributed by atoms with Gasteiger partial charge in [0, 0.05) is 0 Å². The van der Waals surface area contributed by atoms with Crippen molar-refractivity contribution in [2.75, 3.05) is 13.2 Å². The molecule has 0 aliphatic rings. The van der Waals surface area contributed by atoms with Crippen LogP contribution >= 0.6 is 0 Å². The topological polar surface area (TPSA) is 131 Å². The summed E-state index contributed by atoms with van der Waals surface area (Å²) in [6.07, 6.45) is -0.960. The molecule has 0 aliphatic heterocycles. The van der Waals surface area contributed by atoms with Crippen molar-refractivity contribution in [1.82, 2.24) is 10.6 Å². The van der Waals surface area contributed by atoms with E-state index in [0.29, 0.717) is 0 Å². The Morgan fingerprint density at radius 1 is 1.11 bits per heavy atom. The van der Waals surface area contributed by atoms with E-state index in [-0.39, 0.29) is 19.6 Å². The number of hydrogen-bond acceptors (Lipinski definition) is 6. The number of aliphatic carboxylic acids is 1. The van der Waals surface area contributed by atoms with Crippen LogP contribution in [0, 0.1) is 5.92 Å². The van der Waals surface area contributed by atoms with Crippen LogP contribution in [0.15, 0.2) is 30.3 Å². The van der Waals surface area contributed by atoms with E-state index in [2.05, 4.69) is 10.6 Å². The standard InChI is InChI=1S/C18H24N2O7/c1-3-26-15(22)9-12(2)16(17(23)24)20-14(21)10-19-18(25)27-11-13-7-5-4-6-8-13/h4-8,12,16H,3,9-11H2,1-2H3,(H,19,25)(H,20,21)(H,23,24)/t12-,16+/m0/s1. The molecule has 1 rings (SSSR count). The fraction of sp³-hybridized carbons (Fsp3) is 0.444. The second kappa shape index (κ2) is 11.5. The zero-order valence-corrected chi connectivity index (χ0v) is 15.3. The van der Waals surface area contributed by atoms with E-state index in [1.807, 2.05) is 6.07 Å². The number of ether oxygens (including phenoxy) is 2. The quantitative estimate of drug-likeness (QED) is 0.517. The number of carboxylic acids is 1. The molecule has 9 heteroatoms. The number of carbonyl (C=O) groups is 4. The molecule has 2 atom stereocenters. The molecule has 1 aromatic rings. The summed E-state index contributed by atoms with van der Waals surface area (Å²) in [5, 5.41) is 13.8. The van der Waals surface area contributed by atoms with Crippen LogP contribution in [0.25, 0.3) is 0 Å². The third-order valence-corrected chi connectivity index (χ3v) is 3.55.